The Morgan fingerprint density at radius 3 is 2.54 bits per heavy atom. The van der Waals surface area contributed by atoms with Gasteiger partial charge in [-0.25, -0.2) is 0 Å². The Bertz CT molecular complexity index is 645. The lowest BCUT2D eigenvalue weighted by molar-refractivity contribution is -0.0305. The first-order valence-electron chi connectivity index (χ1n) is 8.37. The van der Waals surface area contributed by atoms with E-state index in [9.17, 15) is 0 Å². The zero-order chi connectivity index (χ0) is 16.8. The molecule has 24 heavy (non-hydrogen) atoms. The number of rotatable bonds is 6. The Balaban J connectivity index is 1.61. The Labute approximate surface area is 144 Å². The van der Waals surface area contributed by atoms with Crippen molar-refractivity contribution in [2.75, 3.05) is 33.9 Å². The van der Waals surface area contributed by atoms with Gasteiger partial charge in [0.15, 0.2) is 11.5 Å². The van der Waals surface area contributed by atoms with Crippen molar-refractivity contribution in [2.45, 2.75) is 19.1 Å². The van der Waals surface area contributed by atoms with Gasteiger partial charge in [-0.15, -0.1) is 0 Å². The molecule has 1 saturated heterocycles. The van der Waals surface area contributed by atoms with Gasteiger partial charge in [-0.1, -0.05) is 36.4 Å². The molecule has 0 unspecified atom stereocenters. The second kappa shape index (κ2) is 8.18. The van der Waals surface area contributed by atoms with E-state index in [0.29, 0.717) is 0 Å². The molecule has 0 saturated carbocycles. The molecule has 0 radical (unpaired) electrons. The van der Waals surface area contributed by atoms with Gasteiger partial charge >= 0.3 is 0 Å². The van der Waals surface area contributed by atoms with Gasteiger partial charge in [-0.2, -0.15) is 0 Å². The monoisotopic (exact) mass is 327 g/mol. The van der Waals surface area contributed by atoms with Crippen molar-refractivity contribution in [1.29, 1.82) is 0 Å². The van der Waals surface area contributed by atoms with E-state index in [0.717, 1.165) is 44.2 Å². The molecule has 2 aromatic carbocycles. The van der Waals surface area contributed by atoms with Gasteiger partial charge in [0.25, 0.3) is 0 Å². The molecule has 3 rings (SSSR count). The van der Waals surface area contributed by atoms with Gasteiger partial charge in [-0.3, -0.25) is 4.90 Å². The van der Waals surface area contributed by atoms with Crippen molar-refractivity contribution >= 4 is 0 Å². The number of hydrogen-bond donors (Lipinski definition) is 0. The first kappa shape index (κ1) is 16.8. The summed E-state index contributed by atoms with van der Waals surface area (Å²) in [5.41, 5.74) is 2.56. The van der Waals surface area contributed by atoms with E-state index in [4.69, 9.17) is 14.2 Å². The second-order valence-corrected chi connectivity index (χ2v) is 6.11. The molecule has 1 heterocycles. The van der Waals surface area contributed by atoms with Gasteiger partial charge in [0.05, 0.1) is 26.9 Å². The predicted molar refractivity (Wildman–Crippen MR) is 94.7 cm³/mol. The first-order chi connectivity index (χ1) is 11.8. The molecule has 0 bridgehead atoms. The topological polar surface area (TPSA) is 30.9 Å². The maximum atomic E-state index is 5.94. The van der Waals surface area contributed by atoms with Gasteiger partial charge in [-0.05, 0) is 29.7 Å². The van der Waals surface area contributed by atoms with Crippen molar-refractivity contribution < 1.29 is 14.2 Å². The average molecular weight is 327 g/mol. The summed E-state index contributed by atoms with van der Waals surface area (Å²) < 4.78 is 16.6. The number of ether oxygens (including phenoxy) is 3. The van der Waals surface area contributed by atoms with E-state index >= 15 is 0 Å². The van der Waals surface area contributed by atoms with E-state index < -0.39 is 0 Å². The fraction of sp³-hybridized carbons (Fsp3) is 0.400. The van der Waals surface area contributed by atoms with Crippen LogP contribution in [0, 0.1) is 0 Å². The van der Waals surface area contributed by atoms with E-state index in [1.165, 1.54) is 11.1 Å². The van der Waals surface area contributed by atoms with Crippen LogP contribution in [-0.2, 0) is 17.7 Å². The third-order valence-electron chi connectivity index (χ3n) is 4.38. The molecule has 0 spiro atoms. The fourth-order valence-electron chi connectivity index (χ4n) is 3.16. The zero-order valence-electron chi connectivity index (χ0n) is 14.4. The summed E-state index contributed by atoms with van der Waals surface area (Å²) >= 11 is 0. The third kappa shape index (κ3) is 4.28. The molecule has 0 aliphatic carbocycles. The molecule has 0 aromatic heterocycles. The van der Waals surface area contributed by atoms with Crippen LogP contribution in [0.3, 0.4) is 0 Å². The first-order valence-corrected chi connectivity index (χ1v) is 8.37. The van der Waals surface area contributed by atoms with Gasteiger partial charge in [0.2, 0.25) is 0 Å². The minimum Gasteiger partial charge on any atom is -0.493 e. The van der Waals surface area contributed by atoms with Crippen LogP contribution < -0.4 is 9.47 Å². The fourth-order valence-corrected chi connectivity index (χ4v) is 3.16. The largest absolute Gasteiger partial charge is 0.493 e. The highest BCUT2D eigenvalue weighted by Gasteiger charge is 2.21. The summed E-state index contributed by atoms with van der Waals surface area (Å²) in [6, 6.07) is 16.7. The van der Waals surface area contributed by atoms with Crippen molar-refractivity contribution in [1.82, 2.24) is 4.90 Å². The number of methoxy groups -OCH3 is 2. The van der Waals surface area contributed by atoms with Crippen LogP contribution in [0.25, 0.3) is 0 Å². The molecular weight excluding hydrogens is 302 g/mol. The van der Waals surface area contributed by atoms with Crippen LogP contribution in [0.5, 0.6) is 11.5 Å². The molecule has 2 aromatic rings. The Morgan fingerprint density at radius 2 is 1.79 bits per heavy atom. The smallest absolute Gasteiger partial charge is 0.161 e. The van der Waals surface area contributed by atoms with Crippen LogP contribution in [0.2, 0.25) is 0 Å². The van der Waals surface area contributed by atoms with Crippen LogP contribution in [0.1, 0.15) is 11.1 Å². The van der Waals surface area contributed by atoms with Gasteiger partial charge < -0.3 is 14.2 Å². The molecule has 4 nitrogen and oxygen atoms in total. The summed E-state index contributed by atoms with van der Waals surface area (Å²) in [6.45, 7) is 3.59. The average Bonchev–Trinajstić information content (AvgIpc) is 2.63. The van der Waals surface area contributed by atoms with E-state index in [-0.39, 0.29) is 6.10 Å². The Morgan fingerprint density at radius 1 is 1.00 bits per heavy atom. The lowest BCUT2D eigenvalue weighted by Crippen LogP contribution is -2.42. The quantitative estimate of drug-likeness (QED) is 0.815. The lowest BCUT2D eigenvalue weighted by atomic mass is 10.1. The minimum atomic E-state index is 0.251. The highest BCUT2D eigenvalue weighted by atomic mass is 16.5. The van der Waals surface area contributed by atoms with Crippen LogP contribution in [-0.4, -0.2) is 44.9 Å². The van der Waals surface area contributed by atoms with E-state index in [1.807, 2.05) is 6.07 Å². The maximum absolute atomic E-state index is 5.94. The van der Waals surface area contributed by atoms with E-state index in [2.05, 4.69) is 47.4 Å². The highest BCUT2D eigenvalue weighted by molar-refractivity contribution is 5.42. The van der Waals surface area contributed by atoms with Crippen molar-refractivity contribution in [3.63, 3.8) is 0 Å². The molecule has 0 amide bonds. The van der Waals surface area contributed by atoms with Gasteiger partial charge in [0, 0.05) is 19.6 Å². The maximum Gasteiger partial charge on any atom is 0.161 e. The zero-order valence-corrected chi connectivity index (χ0v) is 14.4. The number of morpholine rings is 1. The molecule has 1 aliphatic heterocycles. The van der Waals surface area contributed by atoms with Gasteiger partial charge in [0.1, 0.15) is 0 Å². The molecular formula is C20H25NO3. The predicted octanol–water partition coefficient (Wildman–Crippen LogP) is 3.15. The molecule has 1 aliphatic rings. The highest BCUT2D eigenvalue weighted by Crippen LogP contribution is 2.28. The van der Waals surface area contributed by atoms with E-state index in [1.54, 1.807) is 14.2 Å². The molecule has 128 valence electrons. The SMILES string of the molecule is COc1ccc(CN2CCO[C@@H](Cc3ccccc3)C2)cc1OC. The number of benzene rings is 2. The summed E-state index contributed by atoms with van der Waals surface area (Å²) in [5.74, 6) is 1.55. The minimum absolute atomic E-state index is 0.251. The van der Waals surface area contributed by atoms with Crippen molar-refractivity contribution in [3.05, 3.63) is 59.7 Å². The van der Waals surface area contributed by atoms with Crippen LogP contribution >= 0.6 is 0 Å². The molecule has 0 N–H and O–H groups in total. The summed E-state index contributed by atoms with van der Waals surface area (Å²) in [7, 11) is 3.33. The summed E-state index contributed by atoms with van der Waals surface area (Å²) in [6.07, 6.45) is 1.21. The Kier molecular flexibility index (Phi) is 5.72. The summed E-state index contributed by atoms with van der Waals surface area (Å²) in [4.78, 5) is 2.44. The second-order valence-electron chi connectivity index (χ2n) is 6.11. The normalized spacial score (nSPS) is 18.3. The molecule has 1 fully saturated rings. The standard InChI is InChI=1S/C20H25NO3/c1-22-19-9-8-17(13-20(19)23-2)14-21-10-11-24-18(15-21)12-16-6-4-3-5-7-16/h3-9,13,18H,10-12,14-15H2,1-2H3/t18-/m0/s1. The lowest BCUT2D eigenvalue weighted by Gasteiger charge is -2.33. The van der Waals surface area contributed by atoms with Crippen LogP contribution in [0.15, 0.2) is 48.5 Å². The summed E-state index contributed by atoms with van der Waals surface area (Å²) in [5, 5.41) is 0. The molecule has 4 heteroatoms. The Hall–Kier alpha value is -2.04. The number of nitrogens with zero attached hydrogens (tertiary/aromatic N) is 1. The third-order valence-corrected chi connectivity index (χ3v) is 4.38. The molecule has 1 atom stereocenters. The van der Waals surface area contributed by atoms with Crippen molar-refractivity contribution in [2.24, 2.45) is 0 Å². The van der Waals surface area contributed by atoms with Crippen LogP contribution in [0.4, 0.5) is 0 Å². The number of hydrogen-bond acceptors (Lipinski definition) is 4. The van der Waals surface area contributed by atoms with Crippen molar-refractivity contribution in [3.8, 4) is 11.5 Å².